The predicted molar refractivity (Wildman–Crippen MR) is 41.7 cm³/mol. The van der Waals surface area contributed by atoms with E-state index in [-0.39, 0.29) is 24.0 Å². The van der Waals surface area contributed by atoms with E-state index < -0.39 is 0 Å². The van der Waals surface area contributed by atoms with Crippen LogP contribution in [0.5, 0.6) is 0 Å². The van der Waals surface area contributed by atoms with Crippen molar-refractivity contribution in [3.8, 4) is 0 Å². The van der Waals surface area contributed by atoms with E-state index in [1.54, 1.807) is 0 Å². The molecule has 0 fully saturated rings. The van der Waals surface area contributed by atoms with Crippen LogP contribution in [0.4, 0.5) is 0 Å². The Morgan fingerprint density at radius 1 is 1.67 bits per heavy atom. The molecular formula is C8H11IN2O. The molecule has 0 amide bonds. The van der Waals surface area contributed by atoms with Crippen LogP contribution in [0, 0.1) is 0 Å². The monoisotopic (exact) mass is 278 g/mol. The van der Waals surface area contributed by atoms with E-state index in [0.29, 0.717) is 0 Å². The van der Waals surface area contributed by atoms with Crippen LogP contribution in [0.2, 0.25) is 0 Å². The van der Waals surface area contributed by atoms with Gasteiger partial charge in [-0.1, -0.05) is 5.16 Å². The molecule has 1 heterocycles. The van der Waals surface area contributed by atoms with Crippen molar-refractivity contribution in [2.45, 2.75) is 13.5 Å². The molecule has 66 valence electrons. The van der Waals surface area contributed by atoms with Crippen molar-refractivity contribution in [2.24, 2.45) is 5.16 Å². The van der Waals surface area contributed by atoms with E-state index in [1.165, 1.54) is 6.21 Å². The van der Waals surface area contributed by atoms with Gasteiger partial charge in [-0.25, -0.2) is 4.57 Å². The van der Waals surface area contributed by atoms with Crippen LogP contribution in [0.3, 0.4) is 0 Å². The SMILES string of the molecule is CC[n+]1cccc(C=NO)c1.[I-]. The summed E-state index contributed by atoms with van der Waals surface area (Å²) in [5, 5.41) is 11.2. The zero-order valence-corrected chi connectivity index (χ0v) is 8.97. The van der Waals surface area contributed by atoms with E-state index in [0.717, 1.165) is 12.1 Å². The van der Waals surface area contributed by atoms with Gasteiger partial charge in [-0.2, -0.15) is 0 Å². The molecule has 1 aromatic rings. The summed E-state index contributed by atoms with van der Waals surface area (Å²) >= 11 is 0. The molecule has 12 heavy (non-hydrogen) atoms. The largest absolute Gasteiger partial charge is 1.00 e. The lowest BCUT2D eigenvalue weighted by atomic mass is 10.3. The molecule has 0 saturated heterocycles. The molecule has 0 unspecified atom stereocenters. The number of aryl methyl sites for hydroxylation is 1. The average Bonchev–Trinajstić information content (AvgIpc) is 2.06. The fraction of sp³-hybridized carbons (Fsp3) is 0.250. The first kappa shape index (κ1) is 11.4. The first-order valence-corrected chi connectivity index (χ1v) is 3.53. The van der Waals surface area contributed by atoms with E-state index >= 15 is 0 Å². The lowest BCUT2D eigenvalue weighted by Crippen LogP contribution is -3.00. The van der Waals surface area contributed by atoms with Crippen LogP contribution >= 0.6 is 0 Å². The molecule has 0 saturated carbocycles. The Labute approximate surface area is 88.7 Å². The standard InChI is InChI=1S/C8H10N2O.HI/c1-2-10-5-3-4-8(7-10)6-9-11;/h3-7H,2H2,1H3;1H. The van der Waals surface area contributed by atoms with Crippen molar-refractivity contribution in [1.29, 1.82) is 0 Å². The molecule has 0 aliphatic heterocycles. The second kappa shape index (κ2) is 5.93. The fourth-order valence-electron chi connectivity index (χ4n) is 0.882. The highest BCUT2D eigenvalue weighted by atomic mass is 127. The Morgan fingerprint density at radius 2 is 2.42 bits per heavy atom. The molecule has 0 radical (unpaired) electrons. The van der Waals surface area contributed by atoms with Gasteiger partial charge in [-0.05, 0) is 13.0 Å². The second-order valence-corrected chi connectivity index (χ2v) is 2.21. The van der Waals surface area contributed by atoms with Gasteiger partial charge in [0.05, 0.1) is 11.8 Å². The van der Waals surface area contributed by atoms with Gasteiger partial charge in [-0.3, -0.25) is 0 Å². The Bertz CT molecular complexity index is 263. The molecule has 0 spiro atoms. The molecule has 0 aliphatic carbocycles. The van der Waals surface area contributed by atoms with Gasteiger partial charge in [0.15, 0.2) is 12.4 Å². The van der Waals surface area contributed by atoms with Gasteiger partial charge in [0.2, 0.25) is 0 Å². The van der Waals surface area contributed by atoms with Crippen molar-refractivity contribution < 1.29 is 33.8 Å². The Morgan fingerprint density at radius 3 is 3.00 bits per heavy atom. The highest BCUT2D eigenvalue weighted by Crippen LogP contribution is 1.88. The summed E-state index contributed by atoms with van der Waals surface area (Å²) in [6, 6.07) is 3.80. The van der Waals surface area contributed by atoms with Crippen LogP contribution in [0.1, 0.15) is 12.5 Å². The number of hydrogen-bond acceptors (Lipinski definition) is 2. The van der Waals surface area contributed by atoms with Crippen LogP contribution in [0.25, 0.3) is 0 Å². The number of rotatable bonds is 2. The zero-order chi connectivity index (χ0) is 8.10. The van der Waals surface area contributed by atoms with Crippen LogP contribution in [0.15, 0.2) is 29.7 Å². The first-order chi connectivity index (χ1) is 5.36. The minimum atomic E-state index is 0. The van der Waals surface area contributed by atoms with Gasteiger partial charge < -0.3 is 29.2 Å². The molecule has 0 bridgehead atoms. The van der Waals surface area contributed by atoms with Gasteiger partial charge in [0.1, 0.15) is 6.54 Å². The Hall–Kier alpha value is -0.650. The maximum absolute atomic E-state index is 8.24. The van der Waals surface area contributed by atoms with Crippen LogP contribution in [-0.4, -0.2) is 11.4 Å². The molecule has 0 atom stereocenters. The maximum Gasteiger partial charge on any atom is 0.177 e. The summed E-state index contributed by atoms with van der Waals surface area (Å²) in [4.78, 5) is 0. The number of hydrogen-bond donors (Lipinski definition) is 1. The number of nitrogens with zero attached hydrogens (tertiary/aromatic N) is 2. The van der Waals surface area contributed by atoms with Gasteiger partial charge in [0, 0.05) is 6.07 Å². The normalized spacial score (nSPS) is 9.75. The summed E-state index contributed by atoms with van der Waals surface area (Å²) < 4.78 is 2.01. The highest BCUT2D eigenvalue weighted by Gasteiger charge is 1.95. The predicted octanol–water partition coefficient (Wildman–Crippen LogP) is -2.19. The van der Waals surface area contributed by atoms with E-state index in [1.807, 2.05) is 29.1 Å². The number of pyridine rings is 1. The second-order valence-electron chi connectivity index (χ2n) is 2.21. The minimum Gasteiger partial charge on any atom is -1.00 e. The average molecular weight is 278 g/mol. The van der Waals surface area contributed by atoms with Crippen molar-refractivity contribution in [3.63, 3.8) is 0 Å². The fourth-order valence-corrected chi connectivity index (χ4v) is 0.882. The van der Waals surface area contributed by atoms with Crippen molar-refractivity contribution in [2.75, 3.05) is 0 Å². The first-order valence-electron chi connectivity index (χ1n) is 3.53. The van der Waals surface area contributed by atoms with E-state index in [4.69, 9.17) is 5.21 Å². The molecule has 0 aromatic carbocycles. The molecule has 1 N–H and O–H groups in total. The Kier molecular flexibility index (Phi) is 5.61. The van der Waals surface area contributed by atoms with Crippen molar-refractivity contribution in [1.82, 2.24) is 0 Å². The summed E-state index contributed by atoms with van der Waals surface area (Å²) in [5.74, 6) is 0. The third-order valence-corrected chi connectivity index (χ3v) is 1.45. The van der Waals surface area contributed by atoms with E-state index in [2.05, 4.69) is 12.1 Å². The summed E-state index contributed by atoms with van der Waals surface area (Å²) in [6.45, 7) is 2.98. The zero-order valence-electron chi connectivity index (χ0n) is 6.81. The Balaban J connectivity index is 0.00000121. The molecule has 4 heteroatoms. The molecule has 0 aliphatic rings. The molecule has 1 rings (SSSR count). The molecular weight excluding hydrogens is 267 g/mol. The van der Waals surface area contributed by atoms with Crippen molar-refractivity contribution >= 4 is 6.21 Å². The minimum absolute atomic E-state index is 0. The maximum atomic E-state index is 8.24. The van der Waals surface area contributed by atoms with Crippen molar-refractivity contribution in [3.05, 3.63) is 30.1 Å². The third-order valence-electron chi connectivity index (χ3n) is 1.45. The summed E-state index contributed by atoms with van der Waals surface area (Å²) in [5.41, 5.74) is 0.900. The quantitative estimate of drug-likeness (QED) is 0.215. The summed E-state index contributed by atoms with van der Waals surface area (Å²) in [7, 11) is 0. The lowest BCUT2D eigenvalue weighted by molar-refractivity contribution is -0.693. The van der Waals surface area contributed by atoms with Gasteiger partial charge >= 0.3 is 0 Å². The summed E-state index contributed by atoms with van der Waals surface area (Å²) in [6.07, 6.45) is 5.29. The molecule has 3 nitrogen and oxygen atoms in total. The van der Waals surface area contributed by atoms with E-state index in [9.17, 15) is 0 Å². The topological polar surface area (TPSA) is 36.5 Å². The third kappa shape index (κ3) is 3.17. The number of oxime groups is 1. The smallest absolute Gasteiger partial charge is 0.177 e. The highest BCUT2D eigenvalue weighted by molar-refractivity contribution is 5.77. The number of aromatic nitrogens is 1. The van der Waals surface area contributed by atoms with Gasteiger partial charge in [0.25, 0.3) is 0 Å². The van der Waals surface area contributed by atoms with Crippen LogP contribution < -0.4 is 28.5 Å². The number of halogens is 1. The van der Waals surface area contributed by atoms with Crippen LogP contribution in [-0.2, 0) is 6.54 Å². The van der Waals surface area contributed by atoms with Gasteiger partial charge in [-0.15, -0.1) is 0 Å². The lowest BCUT2D eigenvalue weighted by Gasteiger charge is -1.90. The molecule has 1 aromatic heterocycles.